The first-order valence-electron chi connectivity index (χ1n) is 6.41. The molecule has 0 radical (unpaired) electrons. The average molecular weight is 298 g/mol. The van der Waals surface area contributed by atoms with Gasteiger partial charge in [0.25, 0.3) is 0 Å². The molecular formula is C11H18N6O2S. The van der Waals surface area contributed by atoms with Crippen LogP contribution in [0, 0.1) is 11.3 Å². The van der Waals surface area contributed by atoms with E-state index in [9.17, 15) is 8.42 Å². The third-order valence-electron chi connectivity index (χ3n) is 3.28. The number of hydrogen-bond acceptors (Lipinski definition) is 7. The molecule has 0 bridgehead atoms. The molecule has 1 saturated heterocycles. The van der Waals surface area contributed by atoms with Gasteiger partial charge < -0.3 is 16.4 Å². The van der Waals surface area contributed by atoms with Crippen LogP contribution in [0.2, 0.25) is 0 Å². The van der Waals surface area contributed by atoms with Crippen molar-refractivity contribution in [1.82, 2.24) is 15.1 Å². The van der Waals surface area contributed by atoms with Gasteiger partial charge in [-0.05, 0) is 0 Å². The molecule has 0 saturated carbocycles. The second-order valence-corrected chi connectivity index (χ2v) is 7.15. The number of rotatable bonds is 6. The van der Waals surface area contributed by atoms with Gasteiger partial charge in [0.05, 0.1) is 18.3 Å². The molecule has 1 aliphatic rings. The number of hydrogen-bond donors (Lipinski definition) is 3. The lowest BCUT2D eigenvalue weighted by Crippen LogP contribution is -2.51. The lowest BCUT2D eigenvalue weighted by Gasteiger charge is -2.27. The summed E-state index contributed by atoms with van der Waals surface area (Å²) < 4.78 is 24.4. The normalized spacial score (nSPS) is 15.6. The summed E-state index contributed by atoms with van der Waals surface area (Å²) in [6.45, 7) is 3.37. The zero-order valence-electron chi connectivity index (χ0n) is 11.3. The second-order valence-electron chi connectivity index (χ2n) is 4.68. The number of nitrogens with two attached hydrogens (primary N) is 1. The van der Waals surface area contributed by atoms with Gasteiger partial charge in [-0.2, -0.15) is 10.4 Å². The number of nitriles is 1. The van der Waals surface area contributed by atoms with Crippen molar-refractivity contribution in [2.45, 2.75) is 19.5 Å². The van der Waals surface area contributed by atoms with Crippen LogP contribution in [0.25, 0.3) is 0 Å². The van der Waals surface area contributed by atoms with Crippen LogP contribution < -0.4 is 16.4 Å². The lowest BCUT2D eigenvalue weighted by molar-refractivity contribution is 0.470. The van der Waals surface area contributed by atoms with Gasteiger partial charge in [0.2, 0.25) is 0 Å². The zero-order valence-corrected chi connectivity index (χ0v) is 12.1. The molecule has 8 nitrogen and oxygen atoms in total. The highest BCUT2D eigenvalue weighted by molar-refractivity contribution is 7.91. The predicted octanol–water partition coefficient (Wildman–Crippen LogP) is -0.845. The summed E-state index contributed by atoms with van der Waals surface area (Å²) in [6.07, 6.45) is 0. The van der Waals surface area contributed by atoms with Crippen molar-refractivity contribution in [1.29, 1.82) is 5.26 Å². The number of nitrogen functional groups attached to an aromatic ring is 1. The highest BCUT2D eigenvalue weighted by atomic mass is 32.2. The van der Waals surface area contributed by atoms with Crippen LogP contribution in [0.5, 0.6) is 0 Å². The summed E-state index contributed by atoms with van der Waals surface area (Å²) in [6, 6.07) is 2.23. The fraction of sp³-hybridized carbons (Fsp3) is 0.636. The fourth-order valence-electron chi connectivity index (χ4n) is 1.81. The maximum atomic E-state index is 11.5. The topological polar surface area (TPSA) is 126 Å². The molecule has 2 heterocycles. The number of aryl methyl sites for hydroxylation is 1. The minimum Gasteiger partial charge on any atom is -0.383 e. The van der Waals surface area contributed by atoms with Gasteiger partial charge in [-0.1, -0.05) is 6.92 Å². The summed E-state index contributed by atoms with van der Waals surface area (Å²) in [5.74, 6) is 0.669. The van der Waals surface area contributed by atoms with E-state index >= 15 is 0 Å². The molecule has 110 valence electrons. The summed E-state index contributed by atoms with van der Waals surface area (Å²) in [7, 11) is -3.09. The largest absolute Gasteiger partial charge is 0.383 e. The molecular weight excluding hydrogens is 280 g/mol. The van der Waals surface area contributed by atoms with Crippen LogP contribution in [-0.2, 0) is 16.4 Å². The Labute approximate surface area is 117 Å². The van der Waals surface area contributed by atoms with Gasteiger partial charge in [-0.3, -0.25) is 0 Å². The number of aromatic nitrogens is 2. The molecule has 0 aromatic carbocycles. The van der Waals surface area contributed by atoms with Gasteiger partial charge in [0.1, 0.15) is 17.5 Å². The quantitative estimate of drug-likeness (QED) is 0.624. The third-order valence-corrected chi connectivity index (χ3v) is 4.96. The first-order chi connectivity index (χ1) is 9.46. The smallest absolute Gasteiger partial charge is 0.168 e. The van der Waals surface area contributed by atoms with Gasteiger partial charge in [-0.25, -0.2) is 13.1 Å². The molecule has 4 N–H and O–H groups in total. The summed E-state index contributed by atoms with van der Waals surface area (Å²) in [4.78, 5) is 0. The zero-order chi connectivity index (χ0) is 14.8. The molecule has 9 heteroatoms. The van der Waals surface area contributed by atoms with Crippen LogP contribution in [0.15, 0.2) is 0 Å². The molecule has 20 heavy (non-hydrogen) atoms. The molecule has 0 aliphatic carbocycles. The van der Waals surface area contributed by atoms with Crippen molar-refractivity contribution < 1.29 is 8.42 Å². The van der Waals surface area contributed by atoms with Gasteiger partial charge in [-0.15, -0.1) is 0 Å². The van der Waals surface area contributed by atoms with Crippen LogP contribution >= 0.6 is 0 Å². The number of nitrogens with one attached hydrogen (secondary N) is 2. The van der Waals surface area contributed by atoms with Gasteiger partial charge in [0, 0.05) is 18.8 Å². The molecule has 0 amide bonds. The van der Waals surface area contributed by atoms with E-state index in [1.54, 1.807) is 6.92 Å². The molecule has 0 spiro atoms. The monoisotopic (exact) mass is 298 g/mol. The molecule has 1 aliphatic heterocycles. The number of anilines is 2. The Bertz CT molecular complexity index is 626. The van der Waals surface area contributed by atoms with E-state index in [4.69, 9.17) is 11.0 Å². The minimum absolute atomic E-state index is 0.0370. The van der Waals surface area contributed by atoms with E-state index in [1.807, 2.05) is 6.07 Å². The molecule has 0 atom stereocenters. The Kier molecular flexibility index (Phi) is 4.15. The van der Waals surface area contributed by atoms with Crippen molar-refractivity contribution in [3.8, 4) is 6.07 Å². The Morgan fingerprint density at radius 2 is 2.30 bits per heavy atom. The van der Waals surface area contributed by atoms with Crippen molar-refractivity contribution in [3.63, 3.8) is 0 Å². The Balaban J connectivity index is 2.15. The maximum Gasteiger partial charge on any atom is 0.168 e. The first-order valence-corrected chi connectivity index (χ1v) is 8.23. The highest BCUT2D eigenvalue weighted by Gasteiger charge is 2.22. The van der Waals surface area contributed by atoms with Crippen molar-refractivity contribution in [2.24, 2.45) is 0 Å². The maximum absolute atomic E-state index is 11.5. The van der Waals surface area contributed by atoms with E-state index in [2.05, 4.69) is 15.7 Å². The van der Waals surface area contributed by atoms with Gasteiger partial charge in [0.15, 0.2) is 15.7 Å². The SMILES string of the molecule is CCS(=O)(=O)CCn1nc(NC2CNC2)c(C#N)c1N. The summed E-state index contributed by atoms with van der Waals surface area (Å²) in [5.41, 5.74) is 6.12. The molecule has 2 rings (SSSR count). The fourth-order valence-corrected chi connectivity index (χ4v) is 2.55. The van der Waals surface area contributed by atoms with Crippen LogP contribution in [0.4, 0.5) is 11.6 Å². The Morgan fingerprint density at radius 1 is 1.60 bits per heavy atom. The third kappa shape index (κ3) is 3.02. The summed E-state index contributed by atoms with van der Waals surface area (Å²) >= 11 is 0. The van der Waals surface area contributed by atoms with E-state index < -0.39 is 9.84 Å². The molecule has 0 unspecified atom stereocenters. The van der Waals surface area contributed by atoms with Crippen LogP contribution in [0.3, 0.4) is 0 Å². The van der Waals surface area contributed by atoms with E-state index in [1.165, 1.54) is 4.68 Å². The lowest BCUT2D eigenvalue weighted by atomic mass is 10.2. The van der Waals surface area contributed by atoms with Crippen molar-refractivity contribution in [3.05, 3.63) is 5.56 Å². The average Bonchev–Trinajstić information content (AvgIpc) is 2.67. The highest BCUT2D eigenvalue weighted by Crippen LogP contribution is 2.21. The number of nitrogens with zero attached hydrogens (tertiary/aromatic N) is 3. The minimum atomic E-state index is -3.09. The van der Waals surface area contributed by atoms with Crippen LogP contribution in [-0.4, -0.2) is 48.8 Å². The number of sulfone groups is 1. The molecule has 1 aromatic heterocycles. The Hall–Kier alpha value is -1.79. The van der Waals surface area contributed by atoms with Crippen molar-refractivity contribution in [2.75, 3.05) is 35.6 Å². The van der Waals surface area contributed by atoms with E-state index in [-0.39, 0.29) is 35.5 Å². The summed E-state index contributed by atoms with van der Waals surface area (Å²) in [5, 5.41) is 19.6. The van der Waals surface area contributed by atoms with E-state index in [0.29, 0.717) is 5.82 Å². The molecule has 1 fully saturated rings. The standard InChI is InChI=1S/C11H18N6O2S/c1-2-20(18,19)4-3-17-10(13)9(5-12)11(16-17)15-8-6-14-7-8/h8,14H,2-4,6-7,13H2,1H3,(H,15,16). The molecule has 1 aromatic rings. The van der Waals surface area contributed by atoms with Crippen LogP contribution in [0.1, 0.15) is 12.5 Å². The van der Waals surface area contributed by atoms with Gasteiger partial charge >= 0.3 is 0 Å². The Morgan fingerprint density at radius 3 is 2.80 bits per heavy atom. The van der Waals surface area contributed by atoms with Crippen molar-refractivity contribution >= 4 is 21.5 Å². The second kappa shape index (κ2) is 5.68. The van der Waals surface area contributed by atoms with E-state index in [0.717, 1.165) is 13.1 Å². The predicted molar refractivity (Wildman–Crippen MR) is 76.0 cm³/mol. The first kappa shape index (κ1) is 14.6.